The molecule has 0 radical (unpaired) electrons. The highest BCUT2D eigenvalue weighted by atomic mass is 16.5. The van der Waals surface area contributed by atoms with Gasteiger partial charge in [0.2, 0.25) is 5.96 Å². The number of ether oxygens (including phenoxy) is 1. The number of nitrogens with zero attached hydrogens (tertiary/aromatic N) is 4. The number of nitrogens with two attached hydrogens (primary N) is 1. The zero-order chi connectivity index (χ0) is 15.2. The Morgan fingerprint density at radius 3 is 2.95 bits per heavy atom. The number of fused-ring (bicyclic) bond motifs is 1. The average molecular weight is 283 g/mol. The lowest BCUT2D eigenvalue weighted by molar-refractivity contribution is 0.340. The summed E-state index contributed by atoms with van der Waals surface area (Å²) in [6, 6.07) is 5.66. The third-order valence-electron chi connectivity index (χ3n) is 2.68. The Labute approximate surface area is 123 Å². The van der Waals surface area contributed by atoms with Crippen molar-refractivity contribution in [2.24, 2.45) is 15.7 Å². The summed E-state index contributed by atoms with van der Waals surface area (Å²) in [6.07, 6.45) is 2.98. The summed E-state index contributed by atoms with van der Waals surface area (Å²) in [5, 5.41) is 0.924. The molecule has 1 aromatic carbocycles. The molecule has 1 heterocycles. The van der Waals surface area contributed by atoms with Crippen molar-refractivity contribution in [3.8, 4) is 5.75 Å². The number of hydrogen-bond acceptors (Lipinski definition) is 4. The maximum absolute atomic E-state index is 5.65. The van der Waals surface area contributed by atoms with Gasteiger partial charge in [0.05, 0.1) is 17.8 Å². The molecule has 2 N–H and O–H groups in total. The molecule has 6 nitrogen and oxygen atoms in total. The van der Waals surface area contributed by atoms with Gasteiger partial charge in [-0.2, -0.15) is 4.99 Å². The van der Waals surface area contributed by atoms with Crippen molar-refractivity contribution in [3.63, 3.8) is 0 Å². The van der Waals surface area contributed by atoms with Crippen LogP contribution in [0.3, 0.4) is 0 Å². The van der Waals surface area contributed by atoms with Gasteiger partial charge in [0.25, 0.3) is 5.95 Å². The molecule has 0 saturated carbocycles. The predicted molar refractivity (Wildman–Crippen MR) is 85.4 cm³/mol. The van der Waals surface area contributed by atoms with Gasteiger partial charge >= 0.3 is 0 Å². The summed E-state index contributed by atoms with van der Waals surface area (Å²) in [6.45, 7) is 7.96. The number of allylic oxidation sites excluding steroid dienone is 1. The summed E-state index contributed by atoms with van der Waals surface area (Å²) in [4.78, 5) is 16.6. The van der Waals surface area contributed by atoms with E-state index in [0.717, 1.165) is 22.3 Å². The number of guanidine groups is 1. The summed E-state index contributed by atoms with van der Waals surface area (Å²) < 4.78 is 5.48. The molecule has 0 fully saturated rings. The molecule has 0 aliphatic heterocycles. The van der Waals surface area contributed by atoms with Crippen LogP contribution in [-0.4, -0.2) is 28.7 Å². The van der Waals surface area contributed by atoms with Gasteiger partial charge in [0.15, 0.2) is 0 Å². The van der Waals surface area contributed by atoms with Gasteiger partial charge in [-0.05, 0) is 32.0 Å². The molecular weight excluding hydrogens is 266 g/mol. The summed E-state index contributed by atoms with van der Waals surface area (Å²) in [5.74, 6) is 1.16. The van der Waals surface area contributed by atoms with Crippen LogP contribution >= 0.6 is 0 Å². The maximum Gasteiger partial charge on any atom is 0.253 e. The molecule has 2 rings (SSSR count). The van der Waals surface area contributed by atoms with Crippen LogP contribution in [0, 0.1) is 6.92 Å². The minimum Gasteiger partial charge on any atom is -0.494 e. The molecule has 21 heavy (non-hydrogen) atoms. The normalized spacial score (nSPS) is 12.0. The van der Waals surface area contributed by atoms with Crippen LogP contribution < -0.4 is 10.5 Å². The van der Waals surface area contributed by atoms with E-state index in [1.807, 2.05) is 32.0 Å². The van der Waals surface area contributed by atoms with E-state index in [1.165, 1.54) is 12.3 Å². The van der Waals surface area contributed by atoms with Crippen LogP contribution in [0.25, 0.3) is 10.9 Å². The molecular formula is C15H17N5O. The van der Waals surface area contributed by atoms with E-state index in [1.54, 1.807) is 0 Å². The quantitative estimate of drug-likeness (QED) is 0.690. The molecule has 0 amide bonds. The lowest BCUT2D eigenvalue weighted by Gasteiger charge is -2.06. The smallest absolute Gasteiger partial charge is 0.253 e. The Balaban J connectivity index is 2.43. The lowest BCUT2D eigenvalue weighted by Crippen LogP contribution is -2.08. The van der Waals surface area contributed by atoms with Crippen LogP contribution in [0.2, 0.25) is 0 Å². The second-order valence-corrected chi connectivity index (χ2v) is 4.20. The minimum atomic E-state index is 0.0830. The van der Waals surface area contributed by atoms with Crippen molar-refractivity contribution in [2.75, 3.05) is 6.61 Å². The molecule has 0 aliphatic rings. The van der Waals surface area contributed by atoms with Crippen LogP contribution in [0.5, 0.6) is 5.75 Å². The Kier molecular flexibility index (Phi) is 4.61. The van der Waals surface area contributed by atoms with E-state index in [-0.39, 0.29) is 11.9 Å². The van der Waals surface area contributed by atoms with Crippen molar-refractivity contribution < 1.29 is 4.74 Å². The van der Waals surface area contributed by atoms with E-state index >= 15 is 0 Å². The van der Waals surface area contributed by atoms with E-state index < -0.39 is 0 Å². The fraction of sp³-hybridized carbons (Fsp3) is 0.200. The van der Waals surface area contributed by atoms with Crippen molar-refractivity contribution in [1.82, 2.24) is 9.97 Å². The van der Waals surface area contributed by atoms with Gasteiger partial charge in [-0.25, -0.2) is 15.0 Å². The molecule has 0 atom stereocenters. The number of benzene rings is 1. The molecule has 108 valence electrons. The maximum atomic E-state index is 5.65. The van der Waals surface area contributed by atoms with E-state index in [0.29, 0.717) is 6.61 Å². The van der Waals surface area contributed by atoms with Crippen LogP contribution in [-0.2, 0) is 0 Å². The van der Waals surface area contributed by atoms with Crippen molar-refractivity contribution in [2.45, 2.75) is 13.8 Å². The van der Waals surface area contributed by atoms with E-state index in [2.05, 4.69) is 26.5 Å². The van der Waals surface area contributed by atoms with Crippen molar-refractivity contribution >= 4 is 29.0 Å². The highest BCUT2D eigenvalue weighted by Crippen LogP contribution is 2.23. The molecule has 0 aliphatic carbocycles. The van der Waals surface area contributed by atoms with E-state index in [4.69, 9.17) is 10.5 Å². The van der Waals surface area contributed by atoms with Crippen molar-refractivity contribution in [3.05, 3.63) is 36.5 Å². The Morgan fingerprint density at radius 2 is 2.24 bits per heavy atom. The average Bonchev–Trinajstić information content (AvgIpc) is 2.46. The zero-order valence-electron chi connectivity index (χ0n) is 12.1. The molecule has 2 aromatic rings. The molecule has 6 heteroatoms. The Morgan fingerprint density at radius 1 is 1.43 bits per heavy atom. The summed E-state index contributed by atoms with van der Waals surface area (Å²) >= 11 is 0. The SMILES string of the molecule is C=C/C=N/C(N)=N\c1nc(C)c2cc(OCC)ccc2n1. The van der Waals surface area contributed by atoms with Gasteiger partial charge in [0.1, 0.15) is 5.75 Å². The molecule has 1 aromatic heterocycles. The largest absolute Gasteiger partial charge is 0.494 e. The third-order valence-corrected chi connectivity index (χ3v) is 2.68. The number of rotatable bonds is 4. The van der Waals surface area contributed by atoms with Gasteiger partial charge in [0, 0.05) is 11.6 Å². The Bertz CT molecular complexity index is 721. The third kappa shape index (κ3) is 3.62. The first-order valence-corrected chi connectivity index (χ1v) is 6.54. The standard InChI is InChI=1S/C15H17N5O/c1-4-8-17-14(16)20-15-18-10(3)12-9-11(21-5-2)6-7-13(12)19-15/h4,6-9H,1,5H2,2-3H3,(H2,16,18,19,20)/b17-8+. The number of aromatic nitrogens is 2. The fourth-order valence-corrected chi connectivity index (χ4v) is 1.81. The molecule has 0 bridgehead atoms. The van der Waals surface area contributed by atoms with Gasteiger partial charge < -0.3 is 10.5 Å². The van der Waals surface area contributed by atoms with E-state index in [9.17, 15) is 0 Å². The molecule has 0 unspecified atom stereocenters. The number of aryl methyl sites for hydroxylation is 1. The molecule has 0 saturated heterocycles. The van der Waals surface area contributed by atoms with Crippen LogP contribution in [0.4, 0.5) is 5.95 Å². The second kappa shape index (κ2) is 6.60. The highest BCUT2D eigenvalue weighted by Gasteiger charge is 2.06. The topological polar surface area (TPSA) is 85.8 Å². The number of hydrogen-bond donors (Lipinski definition) is 1. The van der Waals surface area contributed by atoms with Crippen LogP contribution in [0.1, 0.15) is 12.6 Å². The fourth-order valence-electron chi connectivity index (χ4n) is 1.81. The van der Waals surface area contributed by atoms with Gasteiger partial charge in [-0.15, -0.1) is 0 Å². The van der Waals surface area contributed by atoms with Gasteiger partial charge in [-0.3, -0.25) is 0 Å². The number of aliphatic imine (C=N–C) groups is 2. The summed E-state index contributed by atoms with van der Waals surface area (Å²) in [5.41, 5.74) is 7.24. The summed E-state index contributed by atoms with van der Waals surface area (Å²) in [7, 11) is 0. The first-order valence-electron chi connectivity index (χ1n) is 6.54. The monoisotopic (exact) mass is 283 g/mol. The Hall–Kier alpha value is -2.76. The first kappa shape index (κ1) is 14.6. The molecule has 0 spiro atoms. The first-order chi connectivity index (χ1) is 10.1. The minimum absolute atomic E-state index is 0.0830. The highest BCUT2D eigenvalue weighted by molar-refractivity contribution is 5.91. The zero-order valence-corrected chi connectivity index (χ0v) is 12.1. The lowest BCUT2D eigenvalue weighted by atomic mass is 10.2. The van der Waals surface area contributed by atoms with Crippen molar-refractivity contribution in [1.29, 1.82) is 0 Å². The second-order valence-electron chi connectivity index (χ2n) is 4.20. The van der Waals surface area contributed by atoms with Crippen LogP contribution in [0.15, 0.2) is 40.8 Å². The van der Waals surface area contributed by atoms with Gasteiger partial charge in [-0.1, -0.05) is 12.7 Å². The predicted octanol–water partition coefficient (Wildman–Crippen LogP) is 2.54.